The summed E-state index contributed by atoms with van der Waals surface area (Å²) in [4.78, 5) is 26.5. The zero-order chi connectivity index (χ0) is 22.7. The minimum Gasteiger partial charge on any atom is -0.481 e. The maximum Gasteiger partial charge on any atom is 0.411 e. The van der Waals surface area contributed by atoms with Gasteiger partial charge in [0.2, 0.25) is 0 Å². The van der Waals surface area contributed by atoms with Crippen LogP contribution in [0.4, 0.5) is 16.2 Å². The third-order valence-electron chi connectivity index (χ3n) is 5.53. The molecule has 0 fully saturated rings. The zero-order valence-corrected chi connectivity index (χ0v) is 17.3. The Balaban J connectivity index is 1.53. The van der Waals surface area contributed by atoms with Crippen LogP contribution in [0.25, 0.3) is 21.6 Å². The zero-order valence-electron chi connectivity index (χ0n) is 17.3. The Hall–Kier alpha value is -4.29. The number of hydrogen-bond acceptors (Lipinski definition) is 4. The van der Waals surface area contributed by atoms with E-state index in [9.17, 15) is 9.59 Å². The number of carbonyl (C=O) groups is 2. The number of benzene rings is 3. The summed E-state index contributed by atoms with van der Waals surface area (Å²) in [6, 6.07) is 19.1. The number of nitrogens with one attached hydrogen (secondary N) is 1. The number of hydrogen-bond donors (Lipinski definition) is 2. The molecule has 160 valence electrons. The van der Waals surface area contributed by atoms with E-state index in [4.69, 9.17) is 15.4 Å². The fraction of sp³-hybridized carbons (Fsp3) is 0.167. The van der Waals surface area contributed by atoms with Crippen LogP contribution in [0, 0.1) is 6.92 Å². The van der Waals surface area contributed by atoms with E-state index >= 15 is 0 Å². The van der Waals surface area contributed by atoms with Gasteiger partial charge in [-0.15, -0.1) is 0 Å². The third-order valence-corrected chi connectivity index (χ3v) is 5.53. The van der Waals surface area contributed by atoms with Crippen molar-refractivity contribution in [2.45, 2.75) is 19.3 Å². The lowest BCUT2D eigenvalue weighted by Gasteiger charge is -2.16. The number of carboxylic acids is 1. The molecule has 0 radical (unpaired) electrons. The van der Waals surface area contributed by atoms with Crippen LogP contribution in [0.15, 0.2) is 65.8 Å². The molecule has 3 aromatic rings. The van der Waals surface area contributed by atoms with E-state index in [-0.39, 0.29) is 24.6 Å². The Morgan fingerprint density at radius 3 is 2.31 bits per heavy atom. The van der Waals surface area contributed by atoms with Crippen molar-refractivity contribution in [2.75, 3.05) is 11.9 Å². The van der Waals surface area contributed by atoms with Crippen LogP contribution < -0.4 is 5.32 Å². The van der Waals surface area contributed by atoms with E-state index in [1.165, 1.54) is 6.07 Å². The molecule has 3 aromatic carbocycles. The van der Waals surface area contributed by atoms with Crippen LogP contribution in [0.2, 0.25) is 0 Å². The van der Waals surface area contributed by atoms with Gasteiger partial charge in [-0.1, -0.05) is 53.6 Å². The summed E-state index contributed by atoms with van der Waals surface area (Å²) in [5.41, 5.74) is 14.8. The first-order chi connectivity index (χ1) is 15.5. The Bertz CT molecular complexity index is 1220. The molecule has 0 aromatic heterocycles. The van der Waals surface area contributed by atoms with Crippen LogP contribution in [-0.4, -0.2) is 23.8 Å². The second kappa shape index (κ2) is 8.83. The van der Waals surface area contributed by atoms with Crippen molar-refractivity contribution < 1.29 is 19.4 Å². The molecule has 0 heterocycles. The second-order valence-electron chi connectivity index (χ2n) is 7.50. The van der Waals surface area contributed by atoms with E-state index in [2.05, 4.69) is 27.5 Å². The molecule has 0 atom stereocenters. The quantitative estimate of drug-likeness (QED) is 0.287. The van der Waals surface area contributed by atoms with Crippen LogP contribution in [0.3, 0.4) is 0 Å². The largest absolute Gasteiger partial charge is 0.481 e. The smallest absolute Gasteiger partial charge is 0.411 e. The summed E-state index contributed by atoms with van der Waals surface area (Å²) >= 11 is 0. The molecule has 0 unspecified atom stereocenters. The normalized spacial score (nSPS) is 11.8. The third kappa shape index (κ3) is 4.12. The molecule has 4 rings (SSSR count). The molecule has 1 aliphatic rings. The number of amides is 1. The number of nitrogens with zero attached hydrogens (tertiary/aromatic N) is 3. The highest BCUT2D eigenvalue weighted by Gasteiger charge is 2.29. The summed E-state index contributed by atoms with van der Waals surface area (Å²) in [7, 11) is 0. The van der Waals surface area contributed by atoms with Crippen LogP contribution in [0.1, 0.15) is 28.2 Å². The first-order valence-electron chi connectivity index (χ1n) is 10.0. The number of anilines is 1. The maximum absolute atomic E-state index is 12.6. The minimum absolute atomic E-state index is 0.0775. The van der Waals surface area contributed by atoms with Gasteiger partial charge in [0.25, 0.3) is 0 Å². The Labute approximate surface area is 184 Å². The molecule has 0 saturated carbocycles. The van der Waals surface area contributed by atoms with Crippen molar-refractivity contribution in [2.24, 2.45) is 5.11 Å². The number of carbonyl (C=O) groups excluding carboxylic acids is 1. The standard InChI is InChI=1S/C24H20N4O4/c1-14-21(10-15(12-23(29)30)11-22(14)27-28-25)26-24(31)32-13-20-18-8-4-2-6-16(18)17-7-3-5-9-19(17)20/h2-11,20H,12-13H2,1H3,(H,26,31)(H,29,30). The summed E-state index contributed by atoms with van der Waals surface area (Å²) in [5.74, 6) is -1.11. The highest BCUT2D eigenvalue weighted by atomic mass is 16.5. The van der Waals surface area contributed by atoms with Crippen LogP contribution in [-0.2, 0) is 16.0 Å². The van der Waals surface area contributed by atoms with Crippen molar-refractivity contribution in [1.82, 2.24) is 0 Å². The fourth-order valence-electron chi connectivity index (χ4n) is 4.06. The van der Waals surface area contributed by atoms with Gasteiger partial charge in [-0.3, -0.25) is 10.1 Å². The van der Waals surface area contributed by atoms with Gasteiger partial charge in [0.05, 0.1) is 6.42 Å². The molecule has 2 N–H and O–H groups in total. The average Bonchev–Trinajstić information content (AvgIpc) is 3.09. The van der Waals surface area contributed by atoms with Crippen molar-refractivity contribution in [3.8, 4) is 11.1 Å². The van der Waals surface area contributed by atoms with Gasteiger partial charge in [0, 0.05) is 22.2 Å². The maximum atomic E-state index is 12.6. The van der Waals surface area contributed by atoms with Gasteiger partial charge >= 0.3 is 12.1 Å². The van der Waals surface area contributed by atoms with Crippen LogP contribution >= 0.6 is 0 Å². The second-order valence-corrected chi connectivity index (χ2v) is 7.50. The van der Waals surface area contributed by atoms with E-state index in [1.54, 1.807) is 13.0 Å². The molecule has 0 spiro atoms. The Morgan fingerprint density at radius 2 is 1.72 bits per heavy atom. The number of azide groups is 1. The first-order valence-corrected chi connectivity index (χ1v) is 10.0. The molecule has 0 aliphatic heterocycles. The summed E-state index contributed by atoms with van der Waals surface area (Å²) < 4.78 is 5.55. The fourth-order valence-corrected chi connectivity index (χ4v) is 4.06. The molecule has 0 saturated heterocycles. The number of fused-ring (bicyclic) bond motifs is 3. The molecule has 1 amide bonds. The first kappa shape index (κ1) is 21.0. The molecule has 8 heteroatoms. The van der Waals surface area contributed by atoms with Crippen LogP contribution in [0.5, 0.6) is 0 Å². The number of rotatable bonds is 6. The molecule has 8 nitrogen and oxygen atoms in total. The van der Waals surface area contributed by atoms with Crippen molar-refractivity contribution in [3.63, 3.8) is 0 Å². The van der Waals surface area contributed by atoms with Gasteiger partial charge in [-0.2, -0.15) is 0 Å². The molecule has 32 heavy (non-hydrogen) atoms. The van der Waals surface area contributed by atoms with Gasteiger partial charge < -0.3 is 9.84 Å². The van der Waals surface area contributed by atoms with E-state index in [1.807, 2.05) is 36.4 Å². The summed E-state index contributed by atoms with van der Waals surface area (Å²) in [6.07, 6.45) is -0.942. The molecular weight excluding hydrogens is 408 g/mol. The highest BCUT2D eigenvalue weighted by Crippen LogP contribution is 2.44. The average molecular weight is 428 g/mol. The molecular formula is C24H20N4O4. The van der Waals surface area contributed by atoms with E-state index in [0.29, 0.717) is 16.8 Å². The number of carboxylic acid groups (broad SMARTS) is 1. The summed E-state index contributed by atoms with van der Waals surface area (Å²) in [6.45, 7) is 1.82. The number of ether oxygens (including phenoxy) is 1. The molecule has 0 bridgehead atoms. The predicted octanol–water partition coefficient (Wildman–Crippen LogP) is 5.92. The van der Waals surface area contributed by atoms with E-state index in [0.717, 1.165) is 22.3 Å². The lowest BCUT2D eigenvalue weighted by atomic mass is 9.98. The van der Waals surface area contributed by atoms with E-state index < -0.39 is 12.1 Å². The topological polar surface area (TPSA) is 124 Å². The minimum atomic E-state index is -1.03. The van der Waals surface area contributed by atoms with Crippen molar-refractivity contribution in [1.29, 1.82) is 0 Å². The van der Waals surface area contributed by atoms with Crippen molar-refractivity contribution >= 4 is 23.4 Å². The molecule has 1 aliphatic carbocycles. The lowest BCUT2D eigenvalue weighted by Crippen LogP contribution is -2.18. The highest BCUT2D eigenvalue weighted by molar-refractivity contribution is 5.88. The Morgan fingerprint density at radius 1 is 1.09 bits per heavy atom. The number of aliphatic carboxylic acids is 1. The lowest BCUT2D eigenvalue weighted by molar-refractivity contribution is -0.136. The van der Waals surface area contributed by atoms with Gasteiger partial charge in [0.1, 0.15) is 6.61 Å². The monoisotopic (exact) mass is 428 g/mol. The van der Waals surface area contributed by atoms with Gasteiger partial charge in [-0.05, 0) is 58.0 Å². The Kier molecular flexibility index (Phi) is 5.79. The van der Waals surface area contributed by atoms with Gasteiger partial charge in [0.15, 0.2) is 0 Å². The summed E-state index contributed by atoms with van der Waals surface area (Å²) in [5, 5.41) is 15.3. The SMILES string of the molecule is Cc1c(N=[N+]=[N-])cc(CC(=O)O)cc1NC(=O)OCC1c2ccccc2-c2ccccc21. The predicted molar refractivity (Wildman–Crippen MR) is 120 cm³/mol. The van der Waals surface area contributed by atoms with Gasteiger partial charge in [-0.25, -0.2) is 4.79 Å². The van der Waals surface area contributed by atoms with Crippen molar-refractivity contribution in [3.05, 3.63) is 93.4 Å².